The van der Waals surface area contributed by atoms with Crippen LogP contribution in [0.25, 0.3) is 5.57 Å². The summed E-state index contributed by atoms with van der Waals surface area (Å²) in [5.41, 5.74) is 13.2. The summed E-state index contributed by atoms with van der Waals surface area (Å²) < 4.78 is 0. The van der Waals surface area contributed by atoms with Gasteiger partial charge >= 0.3 is 0 Å². The third-order valence-corrected chi connectivity index (χ3v) is 4.29. The van der Waals surface area contributed by atoms with E-state index in [1.807, 2.05) is 0 Å². The summed E-state index contributed by atoms with van der Waals surface area (Å²) in [6.07, 6.45) is 3.75. The van der Waals surface area contributed by atoms with Gasteiger partial charge in [-0.25, -0.2) is 0 Å². The molecule has 15 heavy (non-hydrogen) atoms. The average Bonchev–Trinajstić information content (AvgIpc) is 2.93. The average molecular weight is 190 g/mol. The zero-order valence-corrected chi connectivity index (χ0v) is 8.43. The second-order valence-electron chi connectivity index (χ2n) is 4.96. The number of rotatable bonds is 0. The molecular formula is C15H10. The van der Waals surface area contributed by atoms with Gasteiger partial charge in [-0.3, -0.25) is 0 Å². The lowest BCUT2D eigenvalue weighted by atomic mass is 9.70. The molecule has 5 rings (SSSR count). The van der Waals surface area contributed by atoms with Crippen molar-refractivity contribution in [1.82, 2.24) is 0 Å². The van der Waals surface area contributed by atoms with Crippen molar-refractivity contribution < 1.29 is 0 Å². The van der Waals surface area contributed by atoms with Gasteiger partial charge in [-0.1, -0.05) is 24.3 Å². The third kappa shape index (κ3) is 0.602. The Kier molecular flexibility index (Phi) is 0.856. The van der Waals surface area contributed by atoms with Crippen LogP contribution in [-0.2, 0) is 6.42 Å². The summed E-state index contributed by atoms with van der Waals surface area (Å²) in [5.74, 6) is 0. The summed E-state index contributed by atoms with van der Waals surface area (Å²) in [5, 5.41) is 0. The van der Waals surface area contributed by atoms with Gasteiger partial charge in [-0.2, -0.15) is 0 Å². The number of fused-ring (bicyclic) bond motifs is 3. The van der Waals surface area contributed by atoms with Crippen molar-refractivity contribution in [2.75, 3.05) is 0 Å². The molecule has 4 aliphatic rings. The molecule has 1 fully saturated rings. The van der Waals surface area contributed by atoms with Crippen LogP contribution < -0.4 is 0 Å². The fraction of sp³-hybridized carbons (Fsp3) is 0.200. The summed E-state index contributed by atoms with van der Waals surface area (Å²) in [7, 11) is 0. The maximum absolute atomic E-state index is 2.30. The summed E-state index contributed by atoms with van der Waals surface area (Å²) in [6.45, 7) is 0. The van der Waals surface area contributed by atoms with Crippen LogP contribution in [0.2, 0.25) is 0 Å². The highest BCUT2D eigenvalue weighted by Crippen LogP contribution is 2.64. The smallest absolute Gasteiger partial charge is 0.000446 e. The van der Waals surface area contributed by atoms with Crippen LogP contribution in [0.1, 0.15) is 24.0 Å². The maximum atomic E-state index is 2.30. The Hall–Kier alpha value is -1.56. The first-order valence-corrected chi connectivity index (χ1v) is 5.70. The van der Waals surface area contributed by atoms with Gasteiger partial charge in [0.05, 0.1) is 0 Å². The molecule has 4 aliphatic carbocycles. The fourth-order valence-corrected chi connectivity index (χ4v) is 3.50. The zero-order valence-electron chi connectivity index (χ0n) is 8.43. The van der Waals surface area contributed by atoms with E-state index < -0.39 is 0 Å². The van der Waals surface area contributed by atoms with Crippen LogP contribution in [0.5, 0.6) is 0 Å². The van der Waals surface area contributed by atoms with Gasteiger partial charge in [-0.05, 0) is 63.8 Å². The van der Waals surface area contributed by atoms with Crippen LogP contribution in [0.15, 0.2) is 52.1 Å². The highest BCUT2D eigenvalue weighted by Gasteiger charge is 2.46. The topological polar surface area (TPSA) is 0 Å². The fourth-order valence-electron chi connectivity index (χ4n) is 3.50. The maximum Gasteiger partial charge on any atom is -0.000446 e. The Bertz CT molecular complexity index is 636. The van der Waals surface area contributed by atoms with E-state index in [2.05, 4.69) is 24.3 Å². The second kappa shape index (κ2) is 1.88. The Balaban J connectivity index is 1.91. The lowest BCUT2D eigenvalue weighted by Crippen LogP contribution is -2.16. The van der Waals surface area contributed by atoms with Crippen LogP contribution in [0, 0.1) is 0 Å². The molecular weight excluding hydrogens is 180 g/mol. The van der Waals surface area contributed by atoms with Gasteiger partial charge in [-0.15, -0.1) is 0 Å². The molecule has 1 aromatic rings. The zero-order chi connectivity index (χ0) is 9.57. The van der Waals surface area contributed by atoms with E-state index in [1.165, 1.54) is 24.8 Å². The molecule has 0 aliphatic heterocycles. The molecule has 0 heterocycles. The normalized spacial score (nSPS) is 23.7. The van der Waals surface area contributed by atoms with Crippen LogP contribution >= 0.6 is 0 Å². The highest BCUT2D eigenvalue weighted by atomic mass is 14.5. The van der Waals surface area contributed by atoms with Gasteiger partial charge in [0.1, 0.15) is 0 Å². The molecule has 0 N–H and O–H groups in total. The van der Waals surface area contributed by atoms with Gasteiger partial charge in [0.25, 0.3) is 0 Å². The minimum Gasteiger partial charge on any atom is -0.0619 e. The summed E-state index contributed by atoms with van der Waals surface area (Å²) in [6, 6.07) is 8.94. The van der Waals surface area contributed by atoms with E-state index in [1.54, 1.807) is 39.0 Å². The Morgan fingerprint density at radius 1 is 0.667 bits per heavy atom. The Morgan fingerprint density at radius 3 is 2.33 bits per heavy atom. The van der Waals surface area contributed by atoms with Crippen molar-refractivity contribution >= 4 is 5.57 Å². The lowest BCUT2D eigenvalue weighted by molar-refractivity contribution is 1.02. The summed E-state index contributed by atoms with van der Waals surface area (Å²) in [4.78, 5) is 0. The number of allylic oxidation sites excluding steroid dienone is 6. The van der Waals surface area contributed by atoms with Crippen molar-refractivity contribution in [2.24, 2.45) is 0 Å². The largest absolute Gasteiger partial charge is 0.0619 e. The van der Waals surface area contributed by atoms with Gasteiger partial charge in [0.15, 0.2) is 0 Å². The van der Waals surface area contributed by atoms with E-state index in [9.17, 15) is 0 Å². The van der Waals surface area contributed by atoms with E-state index in [-0.39, 0.29) is 0 Å². The lowest BCUT2D eigenvalue weighted by Gasteiger charge is -2.33. The Morgan fingerprint density at radius 2 is 1.40 bits per heavy atom. The van der Waals surface area contributed by atoms with Crippen LogP contribution in [-0.4, -0.2) is 0 Å². The van der Waals surface area contributed by atoms with E-state index in [0.717, 1.165) is 0 Å². The molecule has 0 amide bonds. The van der Waals surface area contributed by atoms with Crippen molar-refractivity contribution in [1.29, 1.82) is 0 Å². The van der Waals surface area contributed by atoms with Crippen molar-refractivity contribution in [3.05, 3.63) is 63.3 Å². The quantitative estimate of drug-likeness (QED) is 0.588. The predicted octanol–water partition coefficient (Wildman–Crippen LogP) is 3.41. The molecule has 0 unspecified atom stereocenters. The molecule has 0 nitrogen and oxygen atoms in total. The first-order chi connectivity index (χ1) is 7.43. The predicted molar refractivity (Wildman–Crippen MR) is 60.4 cm³/mol. The van der Waals surface area contributed by atoms with Crippen molar-refractivity contribution in [3.8, 4) is 0 Å². The first kappa shape index (κ1) is 6.84. The molecule has 0 bridgehead atoms. The monoisotopic (exact) mass is 190 g/mol. The third-order valence-electron chi connectivity index (χ3n) is 4.29. The Labute approximate surface area is 88.6 Å². The second-order valence-corrected chi connectivity index (χ2v) is 4.96. The van der Waals surface area contributed by atoms with Gasteiger partial charge < -0.3 is 0 Å². The van der Waals surface area contributed by atoms with Gasteiger partial charge in [0, 0.05) is 0 Å². The molecule has 1 aromatic carbocycles. The molecule has 0 spiro atoms. The number of hydrogen-bond donors (Lipinski definition) is 0. The van der Waals surface area contributed by atoms with E-state index in [0.29, 0.717) is 0 Å². The highest BCUT2D eigenvalue weighted by molar-refractivity contribution is 5.97. The van der Waals surface area contributed by atoms with Crippen molar-refractivity contribution in [2.45, 2.75) is 19.3 Å². The minimum atomic E-state index is 1.19. The molecule has 70 valence electrons. The molecule has 0 atom stereocenters. The van der Waals surface area contributed by atoms with E-state index >= 15 is 0 Å². The van der Waals surface area contributed by atoms with Crippen LogP contribution in [0.4, 0.5) is 0 Å². The molecule has 0 saturated heterocycles. The molecule has 0 heteroatoms. The van der Waals surface area contributed by atoms with Gasteiger partial charge in [0.2, 0.25) is 0 Å². The first-order valence-electron chi connectivity index (χ1n) is 5.70. The molecule has 0 radical (unpaired) electrons. The molecule has 1 saturated carbocycles. The SMILES string of the molecule is c1ccc2c(c1)CC1=C3CC3=C3CC2=C31. The minimum absolute atomic E-state index is 1.19. The number of benzene rings is 1. The van der Waals surface area contributed by atoms with Crippen molar-refractivity contribution in [3.63, 3.8) is 0 Å². The standard InChI is InChI=1S/C15H10/c1-2-4-9-8(3-1)5-12-10-6-11(10)14-7-13(9)15(12)14/h1-4H,5-7H2. The van der Waals surface area contributed by atoms with E-state index in [4.69, 9.17) is 0 Å². The number of hydrogen-bond acceptors (Lipinski definition) is 0. The summed E-state index contributed by atoms with van der Waals surface area (Å²) >= 11 is 0. The molecule has 0 aromatic heterocycles. The van der Waals surface area contributed by atoms with Crippen LogP contribution in [0.3, 0.4) is 0 Å².